The summed E-state index contributed by atoms with van der Waals surface area (Å²) in [6.07, 6.45) is 0.784. The van der Waals surface area contributed by atoms with E-state index < -0.39 is 35.8 Å². The zero-order valence-electron chi connectivity index (χ0n) is 16.8. The summed E-state index contributed by atoms with van der Waals surface area (Å²) in [6.45, 7) is 1.85. The fourth-order valence-electron chi connectivity index (χ4n) is 3.03. The van der Waals surface area contributed by atoms with Gasteiger partial charge in [0, 0.05) is 16.7 Å². The fraction of sp³-hybridized carbons (Fsp3) is 0.273. The van der Waals surface area contributed by atoms with Gasteiger partial charge >= 0.3 is 11.9 Å². The highest BCUT2D eigenvalue weighted by Gasteiger charge is 2.29. The molecular formula is C22H22ClF2NO6. The second-order valence-corrected chi connectivity index (χ2v) is 7.32. The number of hydrogen-bond acceptors (Lipinski definition) is 5. The number of hydrogen-bond donors (Lipinski definition) is 5. The van der Waals surface area contributed by atoms with Crippen molar-refractivity contribution < 1.29 is 38.8 Å². The maximum atomic E-state index is 13.7. The lowest BCUT2D eigenvalue weighted by molar-refractivity contribution is -0.165. The van der Waals surface area contributed by atoms with Gasteiger partial charge < -0.3 is 25.7 Å². The molecule has 0 aliphatic carbocycles. The number of benzene rings is 2. The summed E-state index contributed by atoms with van der Waals surface area (Å²) < 4.78 is 26.7. The lowest BCUT2D eigenvalue weighted by atomic mass is 9.96. The normalized spacial score (nSPS) is 15.2. The largest absolute Gasteiger partial charge is 0.479 e. The molecule has 0 bridgehead atoms. The van der Waals surface area contributed by atoms with Crippen LogP contribution < -0.4 is 5.32 Å². The van der Waals surface area contributed by atoms with Crippen LogP contribution in [0.25, 0.3) is 12.2 Å². The van der Waals surface area contributed by atoms with E-state index in [-0.39, 0.29) is 0 Å². The molecule has 5 N–H and O–H groups in total. The van der Waals surface area contributed by atoms with Crippen molar-refractivity contribution in [3.8, 4) is 0 Å². The highest BCUT2D eigenvalue weighted by atomic mass is 35.5. The molecule has 172 valence electrons. The molecule has 0 saturated carbocycles. The number of aliphatic hydroxyl groups excluding tert-OH is 2. The molecule has 3 rings (SSSR count). The number of aliphatic carboxylic acids is 2. The monoisotopic (exact) mass is 469 g/mol. The lowest BCUT2D eigenvalue weighted by Gasteiger charge is -2.11. The number of carbonyl (C=O) groups is 2. The summed E-state index contributed by atoms with van der Waals surface area (Å²) in [7, 11) is 0. The molecule has 10 heteroatoms. The Bertz CT molecular complexity index is 996. The van der Waals surface area contributed by atoms with Gasteiger partial charge in [-0.05, 0) is 60.8 Å². The summed E-state index contributed by atoms with van der Waals surface area (Å²) >= 11 is 6.32. The quantitative estimate of drug-likeness (QED) is 0.425. The highest BCUT2D eigenvalue weighted by Crippen LogP contribution is 2.28. The summed E-state index contributed by atoms with van der Waals surface area (Å²) in [4.78, 5) is 19.5. The Balaban J connectivity index is 0.000000309. The maximum absolute atomic E-state index is 13.7. The van der Waals surface area contributed by atoms with Crippen LogP contribution in [0.1, 0.15) is 22.3 Å². The van der Waals surface area contributed by atoms with Crippen molar-refractivity contribution in [2.24, 2.45) is 0 Å². The predicted molar refractivity (Wildman–Crippen MR) is 114 cm³/mol. The van der Waals surface area contributed by atoms with Crippen LogP contribution in [0, 0.1) is 11.6 Å². The second kappa shape index (κ2) is 11.7. The van der Waals surface area contributed by atoms with Gasteiger partial charge in [0.2, 0.25) is 0 Å². The van der Waals surface area contributed by atoms with Crippen molar-refractivity contribution in [1.29, 1.82) is 0 Å². The molecule has 0 spiro atoms. The molecule has 2 atom stereocenters. The average Bonchev–Trinajstić information content (AvgIpc) is 2.99. The van der Waals surface area contributed by atoms with E-state index in [2.05, 4.69) is 11.4 Å². The van der Waals surface area contributed by atoms with Gasteiger partial charge in [-0.2, -0.15) is 0 Å². The first-order valence-electron chi connectivity index (χ1n) is 9.57. The number of nitrogens with one attached hydrogen (secondary N) is 1. The number of fused-ring (bicyclic) bond motifs is 1. The SMILES string of the molecule is Fc1ccc(/C=C\c2c(Cl)ccc3c2CCNCC3)c(F)c1.O=C(O)[C@H](O)[C@@H](O)C(=O)O. The summed E-state index contributed by atoms with van der Waals surface area (Å²) in [5.74, 6) is -4.69. The Morgan fingerprint density at radius 3 is 2.19 bits per heavy atom. The van der Waals surface area contributed by atoms with Crippen LogP contribution in [0.5, 0.6) is 0 Å². The molecule has 0 unspecified atom stereocenters. The minimum absolute atomic E-state index is 0.349. The smallest absolute Gasteiger partial charge is 0.335 e. The summed E-state index contributed by atoms with van der Waals surface area (Å²) in [5, 5.41) is 36.5. The second-order valence-electron chi connectivity index (χ2n) is 6.91. The third kappa shape index (κ3) is 6.83. The Morgan fingerprint density at radius 1 is 0.969 bits per heavy atom. The third-order valence-corrected chi connectivity index (χ3v) is 5.05. The molecule has 32 heavy (non-hydrogen) atoms. The summed E-state index contributed by atoms with van der Waals surface area (Å²) in [6, 6.07) is 7.50. The minimum Gasteiger partial charge on any atom is -0.479 e. The molecule has 0 aromatic heterocycles. The van der Waals surface area contributed by atoms with Gasteiger partial charge in [0.25, 0.3) is 0 Å². The number of rotatable bonds is 5. The van der Waals surface area contributed by atoms with E-state index in [4.69, 9.17) is 32.0 Å². The van der Waals surface area contributed by atoms with Crippen LogP contribution in [-0.4, -0.2) is 57.7 Å². The number of carboxylic acids is 2. The third-order valence-electron chi connectivity index (χ3n) is 4.72. The van der Waals surface area contributed by atoms with Crippen molar-refractivity contribution in [1.82, 2.24) is 5.32 Å². The Morgan fingerprint density at radius 2 is 1.59 bits per heavy atom. The predicted octanol–water partition coefficient (Wildman–Crippen LogP) is 2.35. The number of aliphatic hydroxyl groups is 2. The first-order valence-corrected chi connectivity index (χ1v) is 9.95. The van der Waals surface area contributed by atoms with Gasteiger partial charge in [0.1, 0.15) is 11.6 Å². The van der Waals surface area contributed by atoms with Gasteiger partial charge in [-0.3, -0.25) is 0 Å². The van der Waals surface area contributed by atoms with E-state index in [1.54, 1.807) is 6.08 Å². The van der Waals surface area contributed by atoms with Gasteiger partial charge in [-0.15, -0.1) is 0 Å². The Kier molecular flexibility index (Phi) is 9.27. The summed E-state index contributed by atoms with van der Waals surface area (Å²) in [5.41, 5.74) is 3.75. The van der Waals surface area contributed by atoms with Crippen LogP contribution in [0.4, 0.5) is 8.78 Å². The van der Waals surface area contributed by atoms with E-state index in [1.165, 1.54) is 23.3 Å². The van der Waals surface area contributed by atoms with E-state index >= 15 is 0 Å². The molecule has 0 fully saturated rings. The Hall–Kier alpha value is -2.85. The molecule has 2 aromatic rings. The van der Waals surface area contributed by atoms with Gasteiger partial charge in [-0.25, -0.2) is 18.4 Å². The standard InChI is InChI=1S/C18H16ClF2N.C4H6O6/c19-17-6-3-12-7-9-22-10-8-15(12)16(17)5-2-13-1-4-14(20)11-18(13)21;5-1(3(7)8)2(6)4(9)10/h1-6,11,22H,7-10H2;1-2,5-6H,(H,7,8)(H,9,10)/b5-2-;/t;1-,2-/m.1/s1. The van der Waals surface area contributed by atoms with Crippen molar-refractivity contribution in [3.05, 3.63) is 69.2 Å². The first kappa shape index (κ1) is 25.4. The van der Waals surface area contributed by atoms with Crippen molar-refractivity contribution >= 4 is 35.7 Å². The lowest BCUT2D eigenvalue weighted by Crippen LogP contribution is -2.39. The van der Waals surface area contributed by atoms with E-state index in [0.717, 1.165) is 37.6 Å². The maximum Gasteiger partial charge on any atom is 0.335 e. The van der Waals surface area contributed by atoms with Gasteiger partial charge in [0.05, 0.1) is 0 Å². The topological polar surface area (TPSA) is 127 Å². The van der Waals surface area contributed by atoms with Crippen molar-refractivity contribution in [3.63, 3.8) is 0 Å². The van der Waals surface area contributed by atoms with E-state index in [9.17, 15) is 18.4 Å². The van der Waals surface area contributed by atoms with Crippen LogP contribution in [-0.2, 0) is 22.4 Å². The Labute approximate surface area is 187 Å². The molecular weight excluding hydrogens is 448 g/mol. The zero-order valence-corrected chi connectivity index (χ0v) is 17.5. The van der Waals surface area contributed by atoms with Crippen LogP contribution in [0.15, 0.2) is 30.3 Å². The van der Waals surface area contributed by atoms with Crippen molar-refractivity contribution in [2.75, 3.05) is 13.1 Å². The van der Waals surface area contributed by atoms with Crippen molar-refractivity contribution in [2.45, 2.75) is 25.0 Å². The number of carboxylic acid groups (broad SMARTS) is 2. The molecule has 0 saturated heterocycles. The zero-order chi connectivity index (χ0) is 23.8. The first-order chi connectivity index (χ1) is 15.1. The van der Waals surface area contributed by atoms with Gasteiger partial charge in [-0.1, -0.05) is 29.8 Å². The average molecular weight is 470 g/mol. The highest BCUT2D eigenvalue weighted by molar-refractivity contribution is 6.32. The van der Waals surface area contributed by atoms with Crippen LogP contribution in [0.3, 0.4) is 0 Å². The van der Waals surface area contributed by atoms with Gasteiger partial charge in [0.15, 0.2) is 12.2 Å². The molecule has 1 heterocycles. The van der Waals surface area contributed by atoms with E-state index in [0.29, 0.717) is 10.6 Å². The van der Waals surface area contributed by atoms with Crippen LogP contribution in [0.2, 0.25) is 5.02 Å². The van der Waals surface area contributed by atoms with Crippen LogP contribution >= 0.6 is 11.6 Å². The molecule has 0 radical (unpaired) electrons. The number of halogens is 3. The molecule has 2 aromatic carbocycles. The minimum atomic E-state index is -2.27. The molecule has 0 amide bonds. The van der Waals surface area contributed by atoms with E-state index in [1.807, 2.05) is 12.1 Å². The molecule has 1 aliphatic rings. The molecule has 1 aliphatic heterocycles. The molecule has 7 nitrogen and oxygen atoms in total. The fourth-order valence-corrected chi connectivity index (χ4v) is 3.27.